The molecule has 2 atom stereocenters. The van der Waals surface area contributed by atoms with Crippen LogP contribution in [0.5, 0.6) is 0 Å². The minimum Gasteiger partial charge on any atom is -0.386 e. The van der Waals surface area contributed by atoms with Gasteiger partial charge in [0, 0.05) is 6.42 Å². The Morgan fingerprint density at radius 1 is 0.690 bits per heavy atom. The van der Waals surface area contributed by atoms with E-state index in [1.807, 2.05) is 0 Å². The predicted octanol–water partition coefficient (Wildman–Crippen LogP) is 3.67. The molecule has 0 aromatic carbocycles. The Hall–Kier alpha value is -1.11. The van der Waals surface area contributed by atoms with Crippen LogP contribution in [0.1, 0.15) is 111 Å². The molecule has 0 aromatic heterocycles. The molecular formula is C23H42O6. The number of Topliss-reactive ketones (excluding diaryl/α,β-unsaturated/α-hetero) is 3. The van der Waals surface area contributed by atoms with Crippen molar-refractivity contribution in [2.75, 3.05) is 0 Å². The summed E-state index contributed by atoms with van der Waals surface area (Å²) in [5, 5.41) is 30.0. The molecule has 0 fully saturated rings. The van der Waals surface area contributed by atoms with E-state index in [-0.39, 0.29) is 6.42 Å². The molecule has 0 aliphatic carbocycles. The number of unbranched alkanes of at least 4 members (excludes halogenated alkanes) is 12. The van der Waals surface area contributed by atoms with Crippen molar-refractivity contribution in [2.24, 2.45) is 0 Å². The highest BCUT2D eigenvalue weighted by atomic mass is 16.4. The highest BCUT2D eigenvalue weighted by Crippen LogP contribution is 2.19. The largest absolute Gasteiger partial charge is 0.386 e. The average Bonchev–Trinajstić information content (AvgIpc) is 2.69. The minimum absolute atomic E-state index is 0.0435. The second-order valence-electron chi connectivity index (χ2n) is 8.23. The lowest BCUT2D eigenvalue weighted by Gasteiger charge is -2.30. The minimum atomic E-state index is -2.74. The van der Waals surface area contributed by atoms with Crippen molar-refractivity contribution >= 4 is 17.3 Å². The maximum atomic E-state index is 12.0. The summed E-state index contributed by atoms with van der Waals surface area (Å²) in [7, 11) is 0. The standard InChI is InChI=1S/C23H42O6/c1-4-5-6-7-8-9-10-11-12-13-14-15-16-17-20(26)21(27)22(28)23(29,18(2)24)19(3)25/h21-22,27-29H,4-17H2,1-3H3. The summed E-state index contributed by atoms with van der Waals surface area (Å²) in [4.78, 5) is 35.0. The van der Waals surface area contributed by atoms with Crippen LogP contribution in [0.15, 0.2) is 0 Å². The Balaban J connectivity index is 3.88. The molecule has 0 saturated carbocycles. The second-order valence-corrected chi connectivity index (χ2v) is 8.23. The van der Waals surface area contributed by atoms with Gasteiger partial charge in [0.15, 0.2) is 17.3 Å². The van der Waals surface area contributed by atoms with Gasteiger partial charge in [0.1, 0.15) is 12.2 Å². The first-order chi connectivity index (χ1) is 13.7. The molecule has 0 amide bonds. The van der Waals surface area contributed by atoms with E-state index in [0.717, 1.165) is 33.1 Å². The van der Waals surface area contributed by atoms with E-state index in [9.17, 15) is 29.7 Å². The number of carbonyl (C=O) groups is 3. The molecule has 0 spiro atoms. The fourth-order valence-corrected chi connectivity index (χ4v) is 3.53. The van der Waals surface area contributed by atoms with Gasteiger partial charge in [-0.25, -0.2) is 0 Å². The number of aliphatic hydroxyl groups excluding tert-OH is 2. The fraction of sp³-hybridized carbons (Fsp3) is 0.870. The van der Waals surface area contributed by atoms with Crippen molar-refractivity contribution < 1.29 is 29.7 Å². The number of rotatable bonds is 19. The molecule has 29 heavy (non-hydrogen) atoms. The summed E-state index contributed by atoms with van der Waals surface area (Å²) in [6.07, 6.45) is 11.2. The van der Waals surface area contributed by atoms with Crippen LogP contribution in [-0.2, 0) is 14.4 Å². The van der Waals surface area contributed by atoms with Crippen LogP contribution in [0.4, 0.5) is 0 Å². The maximum Gasteiger partial charge on any atom is 0.209 e. The van der Waals surface area contributed by atoms with E-state index in [1.54, 1.807) is 0 Å². The quantitative estimate of drug-likeness (QED) is 0.220. The molecule has 6 heteroatoms. The fourth-order valence-electron chi connectivity index (χ4n) is 3.53. The van der Waals surface area contributed by atoms with Crippen molar-refractivity contribution in [3.8, 4) is 0 Å². The van der Waals surface area contributed by atoms with E-state index in [1.165, 1.54) is 57.8 Å². The first-order valence-electron chi connectivity index (χ1n) is 11.3. The van der Waals surface area contributed by atoms with Gasteiger partial charge in [0.05, 0.1) is 0 Å². The molecule has 0 bridgehead atoms. The smallest absolute Gasteiger partial charge is 0.209 e. The molecular weight excluding hydrogens is 372 g/mol. The van der Waals surface area contributed by atoms with Crippen LogP contribution in [0.25, 0.3) is 0 Å². The van der Waals surface area contributed by atoms with Crippen molar-refractivity contribution in [3.05, 3.63) is 0 Å². The van der Waals surface area contributed by atoms with Gasteiger partial charge in [0.25, 0.3) is 0 Å². The summed E-state index contributed by atoms with van der Waals surface area (Å²) in [5.41, 5.74) is -2.74. The lowest BCUT2D eigenvalue weighted by atomic mass is 9.83. The van der Waals surface area contributed by atoms with Crippen molar-refractivity contribution in [2.45, 2.75) is 128 Å². The third-order valence-electron chi connectivity index (χ3n) is 5.66. The second kappa shape index (κ2) is 15.7. The summed E-state index contributed by atoms with van der Waals surface area (Å²) in [5.74, 6) is -2.66. The third kappa shape index (κ3) is 10.5. The van der Waals surface area contributed by atoms with Gasteiger partial charge in [-0.15, -0.1) is 0 Å². The highest BCUT2D eigenvalue weighted by Gasteiger charge is 2.50. The topological polar surface area (TPSA) is 112 Å². The van der Waals surface area contributed by atoms with E-state index < -0.39 is 35.2 Å². The average molecular weight is 415 g/mol. The number of hydrogen-bond acceptors (Lipinski definition) is 6. The van der Waals surface area contributed by atoms with Crippen LogP contribution in [0.2, 0.25) is 0 Å². The van der Waals surface area contributed by atoms with Crippen LogP contribution >= 0.6 is 0 Å². The van der Waals surface area contributed by atoms with E-state index in [2.05, 4.69) is 6.92 Å². The molecule has 0 aromatic rings. The molecule has 0 aliphatic heterocycles. The van der Waals surface area contributed by atoms with E-state index in [0.29, 0.717) is 6.42 Å². The highest BCUT2D eigenvalue weighted by molar-refractivity contribution is 6.09. The monoisotopic (exact) mass is 414 g/mol. The van der Waals surface area contributed by atoms with Gasteiger partial charge < -0.3 is 15.3 Å². The van der Waals surface area contributed by atoms with Crippen LogP contribution in [-0.4, -0.2) is 50.5 Å². The Morgan fingerprint density at radius 2 is 1.03 bits per heavy atom. The Labute approximate surface area is 176 Å². The molecule has 0 rings (SSSR count). The summed E-state index contributed by atoms with van der Waals surface area (Å²) >= 11 is 0. The molecule has 6 nitrogen and oxygen atoms in total. The predicted molar refractivity (Wildman–Crippen MR) is 114 cm³/mol. The van der Waals surface area contributed by atoms with Crippen LogP contribution in [0, 0.1) is 0 Å². The Kier molecular flexibility index (Phi) is 15.1. The third-order valence-corrected chi connectivity index (χ3v) is 5.66. The molecule has 170 valence electrons. The van der Waals surface area contributed by atoms with Gasteiger partial charge in [-0.3, -0.25) is 14.4 Å². The Morgan fingerprint density at radius 3 is 1.38 bits per heavy atom. The summed E-state index contributed by atoms with van der Waals surface area (Å²) in [6.45, 7) is 4.10. The van der Waals surface area contributed by atoms with Crippen molar-refractivity contribution in [3.63, 3.8) is 0 Å². The van der Waals surface area contributed by atoms with Gasteiger partial charge >= 0.3 is 0 Å². The first-order valence-corrected chi connectivity index (χ1v) is 11.3. The SMILES string of the molecule is CCCCCCCCCCCCCCCC(=O)C(O)C(O)C(O)(C(C)=O)C(C)=O. The lowest BCUT2D eigenvalue weighted by molar-refractivity contribution is -0.172. The first kappa shape index (κ1) is 27.9. The zero-order chi connectivity index (χ0) is 22.3. The zero-order valence-electron chi connectivity index (χ0n) is 18.6. The molecule has 0 aliphatic rings. The summed E-state index contributed by atoms with van der Waals surface area (Å²) < 4.78 is 0. The van der Waals surface area contributed by atoms with Crippen molar-refractivity contribution in [1.82, 2.24) is 0 Å². The number of carbonyl (C=O) groups excluding carboxylic acids is 3. The number of hydrogen-bond donors (Lipinski definition) is 3. The molecule has 0 saturated heterocycles. The zero-order valence-corrected chi connectivity index (χ0v) is 18.6. The molecule has 2 unspecified atom stereocenters. The van der Waals surface area contributed by atoms with Crippen molar-refractivity contribution in [1.29, 1.82) is 0 Å². The van der Waals surface area contributed by atoms with Gasteiger partial charge in [0.2, 0.25) is 5.60 Å². The molecule has 0 heterocycles. The molecule has 3 N–H and O–H groups in total. The van der Waals surface area contributed by atoms with E-state index in [4.69, 9.17) is 0 Å². The Bertz CT molecular complexity index is 474. The van der Waals surface area contributed by atoms with E-state index >= 15 is 0 Å². The van der Waals surface area contributed by atoms with Gasteiger partial charge in [-0.2, -0.15) is 0 Å². The molecule has 0 radical (unpaired) electrons. The number of aliphatic hydroxyl groups is 3. The van der Waals surface area contributed by atoms with Gasteiger partial charge in [-0.05, 0) is 20.3 Å². The lowest BCUT2D eigenvalue weighted by Crippen LogP contribution is -2.60. The van der Waals surface area contributed by atoms with Crippen LogP contribution in [0.3, 0.4) is 0 Å². The maximum absolute atomic E-state index is 12.0. The van der Waals surface area contributed by atoms with Crippen LogP contribution < -0.4 is 0 Å². The normalized spacial score (nSPS) is 13.9. The number of ketones is 3. The summed E-state index contributed by atoms with van der Waals surface area (Å²) in [6, 6.07) is 0. The van der Waals surface area contributed by atoms with Gasteiger partial charge in [-0.1, -0.05) is 84.0 Å².